The van der Waals surface area contributed by atoms with Gasteiger partial charge in [0, 0.05) is 44.6 Å². The fraction of sp³-hybridized carbons (Fsp3) is 0.444. The van der Waals surface area contributed by atoms with Gasteiger partial charge < -0.3 is 18.8 Å². The van der Waals surface area contributed by atoms with Crippen molar-refractivity contribution in [3.05, 3.63) is 58.7 Å². The Hall–Kier alpha value is -2.54. The lowest BCUT2D eigenvalue weighted by Crippen LogP contribution is -2.40. The van der Waals surface area contributed by atoms with Crippen LogP contribution >= 0.6 is 11.3 Å². The van der Waals surface area contributed by atoms with Crippen LogP contribution in [0.1, 0.15) is 6.42 Å². The minimum absolute atomic E-state index is 0.306. The molecule has 0 spiro atoms. The van der Waals surface area contributed by atoms with Crippen LogP contribution in [0.25, 0.3) is 11.3 Å². The quantitative estimate of drug-likeness (QED) is 0.401. The first-order valence-corrected chi connectivity index (χ1v) is 15.2. The molecule has 0 atom stereocenters. The van der Waals surface area contributed by atoms with Crippen molar-refractivity contribution in [1.29, 1.82) is 0 Å². The van der Waals surface area contributed by atoms with Gasteiger partial charge in [0.2, 0.25) is 10.0 Å². The molecular formula is C27H34N4O5S2. The van der Waals surface area contributed by atoms with Gasteiger partial charge in [-0.3, -0.25) is 4.90 Å². The summed E-state index contributed by atoms with van der Waals surface area (Å²) in [6.45, 7) is 6.91. The lowest BCUT2D eigenvalue weighted by Gasteiger charge is -2.26. The van der Waals surface area contributed by atoms with E-state index in [4.69, 9.17) is 19.2 Å². The summed E-state index contributed by atoms with van der Waals surface area (Å²) >= 11 is 1.59. The maximum atomic E-state index is 13.1. The third kappa shape index (κ3) is 6.36. The van der Waals surface area contributed by atoms with Gasteiger partial charge >= 0.3 is 0 Å². The number of hydrogen-bond donors (Lipinski definition) is 0. The number of aromatic nitrogens is 1. The van der Waals surface area contributed by atoms with Crippen LogP contribution in [0.15, 0.2) is 63.8 Å². The highest BCUT2D eigenvalue weighted by molar-refractivity contribution is 7.89. The predicted octanol–water partition coefficient (Wildman–Crippen LogP) is 3.20. The molecule has 0 amide bonds. The number of sulfonamides is 1. The zero-order valence-electron chi connectivity index (χ0n) is 21.6. The van der Waals surface area contributed by atoms with Crippen molar-refractivity contribution in [3.8, 4) is 17.0 Å². The summed E-state index contributed by atoms with van der Waals surface area (Å²) in [6, 6.07) is 14.9. The SMILES string of the molecule is COc1ccc(N=c2scc(-c3ccc(S(=O)(=O)N4CCOCC4)cc3)n2CCCN2CCOCC2)cc1. The molecule has 2 saturated heterocycles. The molecule has 2 fully saturated rings. The highest BCUT2D eigenvalue weighted by Crippen LogP contribution is 2.25. The van der Waals surface area contributed by atoms with E-state index in [0.29, 0.717) is 31.2 Å². The predicted molar refractivity (Wildman–Crippen MR) is 147 cm³/mol. The molecule has 0 aliphatic carbocycles. The molecule has 2 aromatic carbocycles. The van der Waals surface area contributed by atoms with Crippen LogP contribution in [0, 0.1) is 0 Å². The summed E-state index contributed by atoms with van der Waals surface area (Å²) in [5, 5.41) is 2.10. The van der Waals surface area contributed by atoms with E-state index in [1.165, 1.54) is 4.31 Å². The van der Waals surface area contributed by atoms with Crippen molar-refractivity contribution in [1.82, 2.24) is 13.8 Å². The standard InChI is InChI=1S/C27H34N4O5S2/c1-34-24-7-5-23(6-8-24)28-27-31(12-2-11-29-13-17-35-18-14-29)26(21-37-27)22-3-9-25(10-4-22)38(32,33)30-15-19-36-20-16-30/h3-10,21H,2,11-20H2,1H3. The van der Waals surface area contributed by atoms with Crippen molar-refractivity contribution in [2.45, 2.75) is 17.9 Å². The third-order valence-electron chi connectivity index (χ3n) is 6.81. The number of morpholine rings is 2. The molecule has 11 heteroatoms. The summed E-state index contributed by atoms with van der Waals surface area (Å²) in [7, 11) is -1.88. The molecule has 3 aromatic rings. The van der Waals surface area contributed by atoms with Crippen LogP contribution in [0.2, 0.25) is 0 Å². The van der Waals surface area contributed by atoms with Crippen molar-refractivity contribution in [2.24, 2.45) is 4.99 Å². The van der Waals surface area contributed by atoms with Gasteiger partial charge in [-0.2, -0.15) is 4.31 Å². The zero-order chi connectivity index (χ0) is 26.4. The highest BCUT2D eigenvalue weighted by atomic mass is 32.2. The zero-order valence-corrected chi connectivity index (χ0v) is 23.3. The van der Waals surface area contributed by atoms with E-state index in [2.05, 4.69) is 14.8 Å². The molecule has 0 unspecified atom stereocenters. The van der Waals surface area contributed by atoms with Crippen LogP contribution in [0.3, 0.4) is 0 Å². The first kappa shape index (κ1) is 27.0. The maximum Gasteiger partial charge on any atom is 0.243 e. The second-order valence-electron chi connectivity index (χ2n) is 9.21. The second-order valence-corrected chi connectivity index (χ2v) is 12.0. The van der Waals surface area contributed by atoms with Gasteiger partial charge in [-0.25, -0.2) is 13.4 Å². The lowest BCUT2D eigenvalue weighted by atomic mass is 10.2. The van der Waals surface area contributed by atoms with E-state index in [0.717, 1.165) is 73.3 Å². The minimum Gasteiger partial charge on any atom is -0.497 e. The van der Waals surface area contributed by atoms with Crippen molar-refractivity contribution < 1.29 is 22.6 Å². The van der Waals surface area contributed by atoms with Crippen molar-refractivity contribution >= 4 is 27.0 Å². The molecule has 2 aliphatic rings. The fourth-order valence-electron chi connectivity index (χ4n) is 4.64. The molecule has 5 rings (SSSR count). The molecule has 38 heavy (non-hydrogen) atoms. The molecule has 3 heterocycles. The van der Waals surface area contributed by atoms with Crippen LogP contribution < -0.4 is 9.54 Å². The lowest BCUT2D eigenvalue weighted by molar-refractivity contribution is 0.0369. The third-order valence-corrected chi connectivity index (χ3v) is 9.59. The van der Waals surface area contributed by atoms with E-state index in [9.17, 15) is 8.42 Å². The Morgan fingerprint density at radius 2 is 1.55 bits per heavy atom. The maximum absolute atomic E-state index is 13.1. The molecule has 0 N–H and O–H groups in total. The Kier molecular flexibility index (Phi) is 8.93. The largest absolute Gasteiger partial charge is 0.497 e. The van der Waals surface area contributed by atoms with E-state index < -0.39 is 10.0 Å². The first-order valence-electron chi connectivity index (χ1n) is 12.9. The van der Waals surface area contributed by atoms with Crippen molar-refractivity contribution in [2.75, 3.05) is 66.3 Å². The summed E-state index contributed by atoms with van der Waals surface area (Å²) in [5.74, 6) is 0.793. The molecular weight excluding hydrogens is 524 g/mol. The number of rotatable bonds is 9. The van der Waals surface area contributed by atoms with Crippen LogP contribution in [-0.4, -0.2) is 88.5 Å². The molecule has 0 saturated carbocycles. The highest BCUT2D eigenvalue weighted by Gasteiger charge is 2.26. The average molecular weight is 559 g/mol. The van der Waals surface area contributed by atoms with Gasteiger partial charge in [-0.1, -0.05) is 12.1 Å². The monoisotopic (exact) mass is 558 g/mol. The van der Waals surface area contributed by atoms with E-state index in [1.54, 1.807) is 30.6 Å². The number of ether oxygens (including phenoxy) is 3. The Morgan fingerprint density at radius 3 is 2.21 bits per heavy atom. The van der Waals surface area contributed by atoms with Gasteiger partial charge in [0.25, 0.3) is 0 Å². The van der Waals surface area contributed by atoms with Gasteiger partial charge in [-0.15, -0.1) is 11.3 Å². The van der Waals surface area contributed by atoms with Gasteiger partial charge in [0.05, 0.1) is 49.8 Å². The molecule has 0 radical (unpaired) electrons. The Morgan fingerprint density at radius 1 is 0.895 bits per heavy atom. The number of methoxy groups -OCH3 is 1. The van der Waals surface area contributed by atoms with E-state index in [-0.39, 0.29) is 0 Å². The number of thiazole rings is 1. The van der Waals surface area contributed by atoms with E-state index >= 15 is 0 Å². The number of nitrogens with zero attached hydrogens (tertiary/aromatic N) is 4. The fourth-order valence-corrected chi connectivity index (χ4v) is 7.01. The number of hydrogen-bond acceptors (Lipinski definition) is 8. The molecule has 9 nitrogen and oxygen atoms in total. The van der Waals surface area contributed by atoms with Crippen LogP contribution in [0.4, 0.5) is 5.69 Å². The summed E-state index contributed by atoms with van der Waals surface area (Å²) in [6.07, 6.45) is 0.975. The summed E-state index contributed by atoms with van der Waals surface area (Å²) in [5.41, 5.74) is 2.84. The number of benzene rings is 2. The van der Waals surface area contributed by atoms with E-state index in [1.807, 2.05) is 36.4 Å². The molecule has 0 bridgehead atoms. The van der Waals surface area contributed by atoms with Crippen LogP contribution in [0.5, 0.6) is 5.75 Å². The molecule has 2 aliphatic heterocycles. The Labute approximate surface area is 227 Å². The van der Waals surface area contributed by atoms with Gasteiger partial charge in [-0.05, 0) is 48.4 Å². The average Bonchev–Trinajstić information content (AvgIpc) is 3.36. The van der Waals surface area contributed by atoms with Gasteiger partial charge in [0.15, 0.2) is 4.80 Å². The van der Waals surface area contributed by atoms with Crippen LogP contribution in [-0.2, 0) is 26.0 Å². The normalized spacial score (nSPS) is 18.1. The minimum atomic E-state index is -3.53. The Bertz CT molecular complexity index is 1360. The second kappa shape index (κ2) is 12.5. The topological polar surface area (TPSA) is 85.6 Å². The summed E-state index contributed by atoms with van der Waals surface area (Å²) < 4.78 is 46.0. The first-order chi connectivity index (χ1) is 18.5. The smallest absolute Gasteiger partial charge is 0.243 e. The van der Waals surface area contributed by atoms with Gasteiger partial charge in [0.1, 0.15) is 5.75 Å². The summed E-state index contributed by atoms with van der Waals surface area (Å²) in [4.78, 5) is 8.56. The Balaban J connectivity index is 1.42. The molecule has 1 aromatic heterocycles. The van der Waals surface area contributed by atoms with Crippen molar-refractivity contribution in [3.63, 3.8) is 0 Å². The molecule has 204 valence electrons.